The van der Waals surface area contributed by atoms with E-state index in [1.807, 2.05) is 25.1 Å². The molecule has 90 valence electrons. The van der Waals surface area contributed by atoms with Crippen molar-refractivity contribution in [2.45, 2.75) is 19.4 Å². The monoisotopic (exact) mass is 233 g/mol. The molecule has 0 saturated heterocycles. The minimum absolute atomic E-state index is 0.202. The third kappa shape index (κ3) is 2.89. The van der Waals surface area contributed by atoms with Gasteiger partial charge in [-0.1, -0.05) is 35.0 Å². The lowest BCUT2D eigenvalue weighted by Crippen LogP contribution is -2.14. The fraction of sp³-hybridized carbons (Fsp3) is 0.333. The van der Waals surface area contributed by atoms with E-state index >= 15 is 0 Å². The van der Waals surface area contributed by atoms with Crippen LogP contribution in [0, 0.1) is 6.92 Å². The zero-order chi connectivity index (χ0) is 12.3. The van der Waals surface area contributed by atoms with Crippen LogP contribution in [0.5, 0.6) is 0 Å². The average molecular weight is 233 g/mol. The van der Waals surface area contributed by atoms with Crippen molar-refractivity contribution in [3.63, 3.8) is 0 Å². The topological polar surface area (TPSA) is 85.2 Å². The summed E-state index contributed by atoms with van der Waals surface area (Å²) < 4.78 is 4.97. The van der Waals surface area contributed by atoms with Gasteiger partial charge >= 0.3 is 0 Å². The summed E-state index contributed by atoms with van der Waals surface area (Å²) >= 11 is 0. The second kappa shape index (κ2) is 5.07. The lowest BCUT2D eigenvalue weighted by atomic mass is 10.1. The Balaban J connectivity index is 2.11. The first-order valence-electron chi connectivity index (χ1n) is 5.43. The largest absolute Gasteiger partial charge is 0.394 e. The van der Waals surface area contributed by atoms with Gasteiger partial charge in [-0.3, -0.25) is 0 Å². The first-order chi connectivity index (χ1) is 8.19. The summed E-state index contributed by atoms with van der Waals surface area (Å²) in [5, 5.41) is 12.7. The molecular weight excluding hydrogens is 218 g/mol. The molecule has 1 aromatic carbocycles. The number of nitrogens with two attached hydrogens (primary N) is 1. The number of hydrogen-bond donors (Lipinski definition) is 2. The maximum atomic E-state index is 8.87. The first-order valence-corrected chi connectivity index (χ1v) is 5.43. The lowest BCUT2D eigenvalue weighted by molar-refractivity contribution is 0.236. The van der Waals surface area contributed by atoms with Crippen LogP contribution in [0.4, 0.5) is 0 Å². The average Bonchev–Trinajstić information content (AvgIpc) is 2.76. The van der Waals surface area contributed by atoms with Crippen molar-refractivity contribution in [3.8, 4) is 0 Å². The van der Waals surface area contributed by atoms with Crippen LogP contribution in [0.25, 0.3) is 0 Å². The van der Waals surface area contributed by atoms with Gasteiger partial charge in [0.2, 0.25) is 5.89 Å². The number of aliphatic hydroxyl groups is 1. The second-order valence-corrected chi connectivity index (χ2v) is 4.00. The summed E-state index contributed by atoms with van der Waals surface area (Å²) in [7, 11) is 0. The summed E-state index contributed by atoms with van der Waals surface area (Å²) in [5.41, 5.74) is 7.89. The molecule has 0 unspecified atom stereocenters. The highest BCUT2D eigenvalue weighted by molar-refractivity contribution is 5.24. The number of benzene rings is 1. The Labute approximate surface area is 99.3 Å². The van der Waals surface area contributed by atoms with Gasteiger partial charge in [-0.2, -0.15) is 4.98 Å². The Kier molecular flexibility index (Phi) is 3.51. The van der Waals surface area contributed by atoms with Gasteiger partial charge < -0.3 is 15.4 Å². The van der Waals surface area contributed by atoms with Crippen LogP contribution in [-0.2, 0) is 6.42 Å². The van der Waals surface area contributed by atoms with E-state index in [1.165, 1.54) is 5.56 Å². The van der Waals surface area contributed by atoms with Gasteiger partial charge in [-0.15, -0.1) is 0 Å². The SMILES string of the molecule is Cc1cccc(Cc2noc([C@@H](N)CO)n2)c1. The van der Waals surface area contributed by atoms with Crippen molar-refractivity contribution in [3.05, 3.63) is 47.1 Å². The highest BCUT2D eigenvalue weighted by Crippen LogP contribution is 2.11. The van der Waals surface area contributed by atoms with Crippen molar-refractivity contribution in [1.29, 1.82) is 0 Å². The van der Waals surface area contributed by atoms with Gasteiger partial charge in [-0.05, 0) is 12.5 Å². The van der Waals surface area contributed by atoms with Crippen LogP contribution in [0.2, 0.25) is 0 Å². The first kappa shape index (κ1) is 11.8. The minimum Gasteiger partial charge on any atom is -0.394 e. The Hall–Kier alpha value is -1.72. The maximum Gasteiger partial charge on any atom is 0.245 e. The fourth-order valence-corrected chi connectivity index (χ4v) is 1.57. The van der Waals surface area contributed by atoms with E-state index in [1.54, 1.807) is 0 Å². The fourth-order valence-electron chi connectivity index (χ4n) is 1.57. The van der Waals surface area contributed by atoms with Gasteiger partial charge in [0, 0.05) is 6.42 Å². The van der Waals surface area contributed by atoms with Crippen LogP contribution in [0.15, 0.2) is 28.8 Å². The van der Waals surface area contributed by atoms with Crippen LogP contribution in [0.1, 0.15) is 28.9 Å². The quantitative estimate of drug-likeness (QED) is 0.821. The third-order valence-electron chi connectivity index (χ3n) is 2.44. The number of aliphatic hydroxyl groups excluding tert-OH is 1. The number of aryl methyl sites for hydroxylation is 1. The maximum absolute atomic E-state index is 8.87. The molecule has 1 heterocycles. The summed E-state index contributed by atoms with van der Waals surface area (Å²) in [5.74, 6) is 0.852. The molecule has 0 saturated carbocycles. The molecule has 0 fully saturated rings. The van der Waals surface area contributed by atoms with E-state index in [0.717, 1.165) is 5.56 Å². The predicted molar refractivity (Wildman–Crippen MR) is 62.3 cm³/mol. The third-order valence-corrected chi connectivity index (χ3v) is 2.44. The van der Waals surface area contributed by atoms with E-state index in [4.69, 9.17) is 15.4 Å². The van der Waals surface area contributed by atoms with E-state index in [2.05, 4.69) is 16.2 Å². The molecule has 5 heteroatoms. The minimum atomic E-state index is -0.603. The molecule has 0 aliphatic carbocycles. The Bertz CT molecular complexity index is 496. The summed E-state index contributed by atoms with van der Waals surface area (Å²) in [6.07, 6.45) is 0.601. The Morgan fingerprint density at radius 3 is 3.00 bits per heavy atom. The van der Waals surface area contributed by atoms with Gasteiger partial charge in [-0.25, -0.2) is 0 Å². The van der Waals surface area contributed by atoms with Gasteiger partial charge in [0.25, 0.3) is 0 Å². The predicted octanol–water partition coefficient (Wildman–Crippen LogP) is 0.961. The number of nitrogens with zero attached hydrogens (tertiary/aromatic N) is 2. The molecule has 0 amide bonds. The van der Waals surface area contributed by atoms with Crippen LogP contribution in [-0.4, -0.2) is 21.9 Å². The van der Waals surface area contributed by atoms with E-state index in [-0.39, 0.29) is 12.5 Å². The molecule has 1 aromatic heterocycles. The van der Waals surface area contributed by atoms with Crippen LogP contribution < -0.4 is 5.73 Å². The van der Waals surface area contributed by atoms with Gasteiger partial charge in [0.15, 0.2) is 5.82 Å². The Morgan fingerprint density at radius 2 is 2.29 bits per heavy atom. The van der Waals surface area contributed by atoms with Crippen LogP contribution >= 0.6 is 0 Å². The molecule has 1 atom stereocenters. The highest BCUT2D eigenvalue weighted by atomic mass is 16.5. The lowest BCUT2D eigenvalue weighted by Gasteiger charge is -1.99. The zero-order valence-corrected chi connectivity index (χ0v) is 9.63. The summed E-state index contributed by atoms with van der Waals surface area (Å²) in [6, 6.07) is 7.50. The highest BCUT2D eigenvalue weighted by Gasteiger charge is 2.13. The number of hydrogen-bond acceptors (Lipinski definition) is 5. The molecule has 0 aliphatic heterocycles. The molecule has 17 heavy (non-hydrogen) atoms. The second-order valence-electron chi connectivity index (χ2n) is 4.00. The van der Waals surface area contributed by atoms with E-state index < -0.39 is 6.04 Å². The molecular formula is C12H15N3O2. The van der Waals surface area contributed by atoms with Crippen molar-refractivity contribution < 1.29 is 9.63 Å². The number of rotatable bonds is 4. The van der Waals surface area contributed by atoms with Gasteiger partial charge in [0.1, 0.15) is 6.04 Å². The summed E-state index contributed by atoms with van der Waals surface area (Å²) in [6.45, 7) is 1.83. The molecule has 0 bridgehead atoms. The normalized spacial score (nSPS) is 12.6. The standard InChI is InChI=1S/C12H15N3O2/c1-8-3-2-4-9(5-8)6-11-14-12(17-15-11)10(13)7-16/h2-5,10,16H,6-7,13H2,1H3/t10-/m0/s1. The van der Waals surface area contributed by atoms with Crippen molar-refractivity contribution in [1.82, 2.24) is 10.1 Å². The van der Waals surface area contributed by atoms with Crippen molar-refractivity contribution >= 4 is 0 Å². The summed E-state index contributed by atoms with van der Waals surface area (Å²) in [4.78, 5) is 4.14. The molecule has 0 radical (unpaired) electrons. The zero-order valence-electron chi connectivity index (χ0n) is 9.63. The van der Waals surface area contributed by atoms with E-state index in [9.17, 15) is 0 Å². The van der Waals surface area contributed by atoms with E-state index in [0.29, 0.717) is 12.2 Å². The molecule has 5 nitrogen and oxygen atoms in total. The van der Waals surface area contributed by atoms with Crippen molar-refractivity contribution in [2.24, 2.45) is 5.73 Å². The molecule has 2 rings (SSSR count). The molecule has 2 aromatic rings. The Morgan fingerprint density at radius 1 is 1.47 bits per heavy atom. The van der Waals surface area contributed by atoms with Crippen molar-refractivity contribution in [2.75, 3.05) is 6.61 Å². The smallest absolute Gasteiger partial charge is 0.245 e. The van der Waals surface area contributed by atoms with Crippen LogP contribution in [0.3, 0.4) is 0 Å². The number of aromatic nitrogens is 2. The van der Waals surface area contributed by atoms with Gasteiger partial charge in [0.05, 0.1) is 6.61 Å². The molecule has 3 N–H and O–H groups in total. The molecule has 0 spiro atoms. The molecule has 0 aliphatic rings.